The highest BCUT2D eigenvalue weighted by Gasteiger charge is 2.16. The van der Waals surface area contributed by atoms with Crippen molar-refractivity contribution in [3.8, 4) is 17.2 Å². The highest BCUT2D eigenvalue weighted by atomic mass is 16.5. The normalized spacial score (nSPS) is 10.6. The molecular formula is C24H24N2O4. The van der Waals surface area contributed by atoms with Crippen LogP contribution >= 0.6 is 0 Å². The fourth-order valence-corrected chi connectivity index (χ4v) is 3.01. The van der Waals surface area contributed by atoms with Crippen LogP contribution in [-0.2, 0) is 11.3 Å². The Morgan fingerprint density at radius 3 is 2.17 bits per heavy atom. The van der Waals surface area contributed by atoms with Crippen LogP contribution in [0.4, 0.5) is 5.82 Å². The maximum Gasteiger partial charge on any atom is 0.252 e. The van der Waals surface area contributed by atoms with E-state index in [-0.39, 0.29) is 5.91 Å². The van der Waals surface area contributed by atoms with Crippen LogP contribution < -0.4 is 19.1 Å². The predicted octanol–water partition coefficient (Wildman–Crippen LogP) is 4.35. The van der Waals surface area contributed by atoms with Crippen LogP contribution in [0.15, 0.2) is 72.9 Å². The van der Waals surface area contributed by atoms with Gasteiger partial charge in [-0.2, -0.15) is 0 Å². The zero-order valence-corrected chi connectivity index (χ0v) is 17.2. The van der Waals surface area contributed by atoms with Gasteiger partial charge in [-0.25, -0.2) is 4.98 Å². The van der Waals surface area contributed by atoms with Gasteiger partial charge in [-0.3, -0.25) is 9.69 Å². The summed E-state index contributed by atoms with van der Waals surface area (Å²) in [5, 5.41) is 0. The Kier molecular flexibility index (Phi) is 7.05. The summed E-state index contributed by atoms with van der Waals surface area (Å²) >= 11 is 0. The monoisotopic (exact) mass is 404 g/mol. The van der Waals surface area contributed by atoms with Crippen molar-refractivity contribution >= 4 is 17.8 Å². The molecule has 154 valence electrons. The molecule has 1 amide bonds. The van der Waals surface area contributed by atoms with Crippen molar-refractivity contribution in [3.63, 3.8) is 0 Å². The molecule has 2 aromatic carbocycles. The van der Waals surface area contributed by atoms with Gasteiger partial charge in [-0.15, -0.1) is 0 Å². The Hall–Kier alpha value is -3.80. The number of anilines is 1. The summed E-state index contributed by atoms with van der Waals surface area (Å²) in [7, 11) is 4.66. The van der Waals surface area contributed by atoms with Crippen molar-refractivity contribution in [1.29, 1.82) is 0 Å². The maximum absolute atomic E-state index is 13.1. The lowest BCUT2D eigenvalue weighted by Crippen LogP contribution is -2.29. The van der Waals surface area contributed by atoms with Crippen LogP contribution in [0.1, 0.15) is 11.1 Å². The van der Waals surface area contributed by atoms with Gasteiger partial charge in [0.05, 0.1) is 27.9 Å². The average molecular weight is 404 g/mol. The average Bonchev–Trinajstić information content (AvgIpc) is 2.81. The summed E-state index contributed by atoms with van der Waals surface area (Å²) in [5.74, 6) is 1.94. The Balaban J connectivity index is 1.89. The summed E-state index contributed by atoms with van der Waals surface area (Å²) < 4.78 is 16.1. The van der Waals surface area contributed by atoms with Gasteiger partial charge in [-0.05, 0) is 41.5 Å². The zero-order chi connectivity index (χ0) is 21.3. The second kappa shape index (κ2) is 10.1. The SMILES string of the molecule is COc1cc(C=CC(=O)N(Cc2ccccc2)c2ccccn2)cc(OC)c1OC. The first kappa shape index (κ1) is 20.9. The van der Waals surface area contributed by atoms with Gasteiger partial charge in [0, 0.05) is 12.3 Å². The Bertz CT molecular complexity index is 979. The first-order valence-corrected chi connectivity index (χ1v) is 9.40. The molecule has 0 bridgehead atoms. The van der Waals surface area contributed by atoms with Crippen molar-refractivity contribution < 1.29 is 19.0 Å². The van der Waals surface area contributed by atoms with Crippen LogP contribution in [0.3, 0.4) is 0 Å². The molecule has 0 aliphatic rings. The smallest absolute Gasteiger partial charge is 0.252 e. The number of aromatic nitrogens is 1. The molecule has 0 aliphatic carbocycles. The Morgan fingerprint density at radius 1 is 0.933 bits per heavy atom. The van der Waals surface area contributed by atoms with Gasteiger partial charge < -0.3 is 14.2 Å². The van der Waals surface area contributed by atoms with Gasteiger partial charge in [0.15, 0.2) is 11.5 Å². The number of amides is 1. The lowest BCUT2D eigenvalue weighted by atomic mass is 10.1. The molecule has 0 saturated carbocycles. The van der Waals surface area contributed by atoms with E-state index in [4.69, 9.17) is 14.2 Å². The molecule has 3 rings (SSSR count). The molecule has 1 aromatic heterocycles. The van der Waals surface area contributed by atoms with E-state index in [9.17, 15) is 4.79 Å². The fourth-order valence-electron chi connectivity index (χ4n) is 3.01. The topological polar surface area (TPSA) is 60.9 Å². The molecule has 0 saturated heterocycles. The minimum absolute atomic E-state index is 0.189. The van der Waals surface area contributed by atoms with Crippen LogP contribution in [0.25, 0.3) is 6.08 Å². The molecule has 0 N–H and O–H groups in total. The molecule has 0 unspecified atom stereocenters. The van der Waals surface area contributed by atoms with E-state index in [1.807, 2.05) is 48.5 Å². The largest absolute Gasteiger partial charge is 0.493 e. The molecule has 30 heavy (non-hydrogen) atoms. The molecule has 6 heteroatoms. The number of pyridine rings is 1. The van der Waals surface area contributed by atoms with Crippen molar-refractivity contribution in [2.45, 2.75) is 6.54 Å². The molecule has 0 fully saturated rings. The second-order valence-electron chi connectivity index (χ2n) is 6.39. The summed E-state index contributed by atoms with van der Waals surface area (Å²) in [6.07, 6.45) is 4.90. The van der Waals surface area contributed by atoms with Crippen molar-refractivity contribution in [2.75, 3.05) is 26.2 Å². The van der Waals surface area contributed by atoms with E-state index in [0.29, 0.717) is 29.6 Å². The van der Waals surface area contributed by atoms with Crippen LogP contribution in [-0.4, -0.2) is 32.2 Å². The number of carbonyl (C=O) groups is 1. The van der Waals surface area contributed by atoms with Gasteiger partial charge in [0.2, 0.25) is 5.75 Å². The van der Waals surface area contributed by atoms with E-state index in [1.54, 1.807) is 50.6 Å². The molecular weight excluding hydrogens is 380 g/mol. The maximum atomic E-state index is 13.1. The molecule has 0 radical (unpaired) electrons. The third-order valence-electron chi connectivity index (χ3n) is 4.48. The van der Waals surface area contributed by atoms with Crippen LogP contribution in [0, 0.1) is 0 Å². The van der Waals surface area contributed by atoms with Gasteiger partial charge in [0.1, 0.15) is 5.82 Å². The minimum atomic E-state index is -0.189. The number of hydrogen-bond acceptors (Lipinski definition) is 5. The number of methoxy groups -OCH3 is 3. The third-order valence-corrected chi connectivity index (χ3v) is 4.48. The molecule has 0 aliphatic heterocycles. The van der Waals surface area contributed by atoms with Crippen LogP contribution in [0.2, 0.25) is 0 Å². The van der Waals surface area contributed by atoms with Gasteiger partial charge in [-0.1, -0.05) is 36.4 Å². The quantitative estimate of drug-likeness (QED) is 0.522. The fraction of sp³-hybridized carbons (Fsp3) is 0.167. The van der Waals surface area contributed by atoms with E-state index >= 15 is 0 Å². The van der Waals surface area contributed by atoms with E-state index < -0.39 is 0 Å². The molecule has 0 atom stereocenters. The highest BCUT2D eigenvalue weighted by Crippen LogP contribution is 2.38. The number of nitrogens with zero attached hydrogens (tertiary/aromatic N) is 2. The van der Waals surface area contributed by atoms with Crippen molar-refractivity contribution in [2.24, 2.45) is 0 Å². The summed E-state index contributed by atoms with van der Waals surface area (Å²) in [6.45, 7) is 0.413. The number of rotatable bonds is 8. The lowest BCUT2D eigenvalue weighted by molar-refractivity contribution is -0.114. The summed E-state index contributed by atoms with van der Waals surface area (Å²) in [5.41, 5.74) is 1.76. The molecule has 6 nitrogen and oxygen atoms in total. The Morgan fingerprint density at radius 2 is 1.60 bits per heavy atom. The zero-order valence-electron chi connectivity index (χ0n) is 17.2. The molecule has 1 heterocycles. The second-order valence-corrected chi connectivity index (χ2v) is 6.39. The van der Waals surface area contributed by atoms with Gasteiger partial charge >= 0.3 is 0 Å². The number of benzene rings is 2. The van der Waals surface area contributed by atoms with E-state index in [0.717, 1.165) is 11.1 Å². The predicted molar refractivity (Wildman–Crippen MR) is 117 cm³/mol. The minimum Gasteiger partial charge on any atom is -0.493 e. The van der Waals surface area contributed by atoms with Crippen molar-refractivity contribution in [3.05, 3.63) is 84.1 Å². The summed E-state index contributed by atoms with van der Waals surface area (Å²) in [4.78, 5) is 19.0. The molecule has 3 aromatic rings. The summed E-state index contributed by atoms with van der Waals surface area (Å²) in [6, 6.07) is 18.9. The Labute approximate surface area is 176 Å². The van der Waals surface area contributed by atoms with Crippen molar-refractivity contribution in [1.82, 2.24) is 4.98 Å². The molecule has 0 spiro atoms. The van der Waals surface area contributed by atoms with E-state index in [1.165, 1.54) is 6.08 Å². The van der Waals surface area contributed by atoms with Gasteiger partial charge in [0.25, 0.3) is 5.91 Å². The standard InChI is InChI=1S/C24H24N2O4/c1-28-20-15-19(16-21(29-2)24(20)30-3)12-13-23(27)26(22-11-7-8-14-25-22)17-18-9-5-4-6-10-18/h4-16H,17H2,1-3H3. The first-order valence-electron chi connectivity index (χ1n) is 9.40. The van der Waals surface area contributed by atoms with Crippen LogP contribution in [0.5, 0.6) is 17.2 Å². The third kappa shape index (κ3) is 4.97. The number of carbonyl (C=O) groups excluding carboxylic acids is 1. The number of ether oxygens (including phenoxy) is 3. The first-order chi connectivity index (χ1) is 14.7. The number of hydrogen-bond donors (Lipinski definition) is 0. The highest BCUT2D eigenvalue weighted by molar-refractivity contribution is 6.03. The lowest BCUT2D eigenvalue weighted by Gasteiger charge is -2.20. The van der Waals surface area contributed by atoms with E-state index in [2.05, 4.69) is 4.98 Å².